The number of ether oxygens (including phenoxy) is 3. The number of carbonyl (C=O) groups excluding carboxylic acids is 2. The van der Waals surface area contributed by atoms with Crippen molar-refractivity contribution in [1.29, 1.82) is 0 Å². The van der Waals surface area contributed by atoms with Crippen molar-refractivity contribution in [2.45, 2.75) is 58.5 Å². The van der Waals surface area contributed by atoms with E-state index in [1.54, 1.807) is 33.1 Å². The number of allylic oxidation sites excluding steroid dienone is 3. The first kappa shape index (κ1) is 25.4. The van der Waals surface area contributed by atoms with Crippen LogP contribution in [0.1, 0.15) is 63.5 Å². The van der Waals surface area contributed by atoms with Crippen molar-refractivity contribution in [2.24, 2.45) is 0 Å². The summed E-state index contributed by atoms with van der Waals surface area (Å²) in [5.41, 5.74) is 4.17. The highest BCUT2D eigenvalue weighted by Gasteiger charge is 2.41. The lowest BCUT2D eigenvalue weighted by molar-refractivity contribution is -0.143. The minimum absolute atomic E-state index is 0.00489. The molecule has 0 saturated carbocycles. The average Bonchev–Trinajstić information content (AvgIpc) is 2.84. The van der Waals surface area contributed by atoms with Crippen LogP contribution < -0.4 is 14.8 Å². The van der Waals surface area contributed by atoms with Crippen molar-refractivity contribution in [2.75, 3.05) is 13.7 Å². The molecular formula is C29H33NO6. The zero-order valence-corrected chi connectivity index (χ0v) is 21.4. The van der Waals surface area contributed by atoms with Gasteiger partial charge < -0.3 is 24.6 Å². The molecule has 0 bridgehead atoms. The minimum atomic E-state index is -0.628. The van der Waals surface area contributed by atoms with Crippen molar-refractivity contribution in [3.8, 4) is 17.2 Å². The number of ketones is 1. The van der Waals surface area contributed by atoms with Crippen molar-refractivity contribution in [3.63, 3.8) is 0 Å². The summed E-state index contributed by atoms with van der Waals surface area (Å²) < 4.78 is 16.5. The van der Waals surface area contributed by atoms with Crippen LogP contribution in [0.4, 0.5) is 0 Å². The second-order valence-corrected chi connectivity index (χ2v) is 9.40. The molecule has 2 N–H and O–H groups in total. The summed E-state index contributed by atoms with van der Waals surface area (Å²) in [5, 5.41) is 13.6. The molecule has 0 aromatic heterocycles. The largest absolute Gasteiger partial charge is 0.504 e. The number of benzene rings is 2. The van der Waals surface area contributed by atoms with Crippen LogP contribution in [0, 0.1) is 0 Å². The summed E-state index contributed by atoms with van der Waals surface area (Å²) in [6.07, 6.45) is 0.643. The maximum absolute atomic E-state index is 13.7. The number of phenolic OH excluding ortho intramolecular Hbond substituents is 1. The van der Waals surface area contributed by atoms with Gasteiger partial charge in [-0.05, 0) is 75.4 Å². The topological polar surface area (TPSA) is 94.1 Å². The lowest BCUT2D eigenvalue weighted by Gasteiger charge is -2.37. The van der Waals surface area contributed by atoms with Gasteiger partial charge in [0.2, 0.25) is 0 Å². The first-order chi connectivity index (χ1) is 17.2. The summed E-state index contributed by atoms with van der Waals surface area (Å²) in [6, 6.07) is 12.8. The standard InChI is InChI=1S/C29H33NO6/c1-6-35-25-15-19(9-12-23(25)31)27-26(29(33)36-16(2)3)17(4)30-22-13-20(14-24(32)28(22)27)18-7-10-21(34-5)11-8-18/h7-12,15-16,20,27,30-31H,6,13-14H2,1-5H3/t20-,27-/m1/s1. The van der Waals surface area contributed by atoms with Gasteiger partial charge in [-0.2, -0.15) is 0 Å². The van der Waals surface area contributed by atoms with Crippen LogP contribution in [0.3, 0.4) is 0 Å². The molecule has 0 spiro atoms. The second-order valence-electron chi connectivity index (χ2n) is 9.40. The van der Waals surface area contributed by atoms with Crippen LogP contribution in [-0.4, -0.2) is 36.7 Å². The molecule has 0 amide bonds. The summed E-state index contributed by atoms with van der Waals surface area (Å²) in [4.78, 5) is 27.0. The lowest BCUT2D eigenvalue weighted by Crippen LogP contribution is -2.36. The van der Waals surface area contributed by atoms with Gasteiger partial charge in [-0.25, -0.2) is 4.79 Å². The van der Waals surface area contributed by atoms with E-state index >= 15 is 0 Å². The van der Waals surface area contributed by atoms with Gasteiger partial charge in [-0.1, -0.05) is 18.2 Å². The molecule has 0 radical (unpaired) electrons. The van der Waals surface area contributed by atoms with Crippen LogP contribution in [0.25, 0.3) is 0 Å². The van der Waals surface area contributed by atoms with Crippen molar-refractivity contribution >= 4 is 11.8 Å². The second kappa shape index (κ2) is 10.5. The molecule has 2 aromatic carbocycles. The zero-order chi connectivity index (χ0) is 26.0. The van der Waals surface area contributed by atoms with Crippen LogP contribution in [0.15, 0.2) is 65.0 Å². The number of dihydropyridines is 1. The molecule has 1 aliphatic carbocycles. The van der Waals surface area contributed by atoms with Crippen LogP contribution in [-0.2, 0) is 14.3 Å². The van der Waals surface area contributed by atoms with E-state index in [-0.39, 0.29) is 23.6 Å². The van der Waals surface area contributed by atoms with E-state index < -0.39 is 11.9 Å². The molecule has 4 rings (SSSR count). The number of aromatic hydroxyl groups is 1. The van der Waals surface area contributed by atoms with Gasteiger partial charge in [-0.15, -0.1) is 0 Å². The molecular weight excluding hydrogens is 458 g/mol. The smallest absolute Gasteiger partial charge is 0.337 e. The summed E-state index contributed by atoms with van der Waals surface area (Å²) >= 11 is 0. The molecule has 0 saturated heterocycles. The molecule has 7 heteroatoms. The minimum Gasteiger partial charge on any atom is -0.504 e. The fraction of sp³-hybridized carbons (Fsp3) is 0.379. The van der Waals surface area contributed by atoms with E-state index in [0.717, 1.165) is 17.0 Å². The summed E-state index contributed by atoms with van der Waals surface area (Å²) in [7, 11) is 1.62. The van der Waals surface area contributed by atoms with E-state index in [9.17, 15) is 14.7 Å². The highest BCUT2D eigenvalue weighted by atomic mass is 16.5. The Morgan fingerprint density at radius 3 is 2.44 bits per heavy atom. The lowest BCUT2D eigenvalue weighted by atomic mass is 9.71. The fourth-order valence-electron chi connectivity index (χ4n) is 5.01. The van der Waals surface area contributed by atoms with Crippen molar-refractivity contribution in [1.82, 2.24) is 5.32 Å². The molecule has 36 heavy (non-hydrogen) atoms. The van der Waals surface area contributed by atoms with Crippen LogP contribution in [0.5, 0.6) is 17.2 Å². The maximum atomic E-state index is 13.7. The van der Waals surface area contributed by atoms with E-state index in [0.29, 0.717) is 47.6 Å². The van der Waals surface area contributed by atoms with Crippen molar-refractivity contribution in [3.05, 3.63) is 76.1 Å². The summed E-state index contributed by atoms with van der Waals surface area (Å²) in [6.45, 7) is 7.62. The molecule has 0 fully saturated rings. The number of carbonyl (C=O) groups is 2. The zero-order valence-electron chi connectivity index (χ0n) is 21.4. The predicted molar refractivity (Wildman–Crippen MR) is 136 cm³/mol. The molecule has 7 nitrogen and oxygen atoms in total. The Bertz CT molecular complexity index is 1220. The van der Waals surface area contributed by atoms with Gasteiger partial charge in [0.05, 0.1) is 25.4 Å². The molecule has 2 aliphatic rings. The Morgan fingerprint density at radius 2 is 1.81 bits per heavy atom. The third kappa shape index (κ3) is 4.96. The number of hydrogen-bond acceptors (Lipinski definition) is 7. The maximum Gasteiger partial charge on any atom is 0.337 e. The van der Waals surface area contributed by atoms with Crippen LogP contribution in [0.2, 0.25) is 0 Å². The monoisotopic (exact) mass is 491 g/mol. The van der Waals surface area contributed by atoms with Gasteiger partial charge in [0, 0.05) is 29.3 Å². The Hall–Kier alpha value is -3.74. The van der Waals surface area contributed by atoms with Gasteiger partial charge in [0.15, 0.2) is 17.3 Å². The summed E-state index contributed by atoms with van der Waals surface area (Å²) in [5.74, 6) is -0.0379. The Kier molecular flexibility index (Phi) is 7.38. The molecule has 2 atom stereocenters. The molecule has 2 aromatic rings. The third-order valence-corrected chi connectivity index (χ3v) is 6.59. The number of methoxy groups -OCH3 is 1. The Labute approximate surface area is 211 Å². The highest BCUT2D eigenvalue weighted by Crippen LogP contribution is 2.47. The first-order valence-corrected chi connectivity index (χ1v) is 12.3. The Morgan fingerprint density at radius 1 is 1.11 bits per heavy atom. The Balaban J connectivity index is 1.79. The fourth-order valence-corrected chi connectivity index (χ4v) is 5.01. The van der Waals surface area contributed by atoms with E-state index in [1.165, 1.54) is 6.07 Å². The number of hydrogen-bond donors (Lipinski definition) is 2. The number of Topliss-reactive ketones (excluding diaryl/α,β-unsaturated/α-hetero) is 1. The van der Waals surface area contributed by atoms with Gasteiger partial charge in [-0.3, -0.25) is 4.79 Å². The van der Waals surface area contributed by atoms with Gasteiger partial charge in [0.1, 0.15) is 5.75 Å². The van der Waals surface area contributed by atoms with E-state index in [2.05, 4.69) is 5.32 Å². The highest BCUT2D eigenvalue weighted by molar-refractivity contribution is 6.04. The first-order valence-electron chi connectivity index (χ1n) is 12.3. The number of phenols is 1. The molecule has 0 unspecified atom stereocenters. The number of rotatable bonds is 7. The SMILES string of the molecule is CCOc1cc([C@@H]2C(C(=O)OC(C)C)=C(C)NC3=C2C(=O)C[C@H](c2ccc(OC)cc2)C3)ccc1O. The van der Waals surface area contributed by atoms with E-state index in [1.807, 2.05) is 38.1 Å². The van der Waals surface area contributed by atoms with E-state index in [4.69, 9.17) is 14.2 Å². The molecule has 1 heterocycles. The predicted octanol–water partition coefficient (Wildman–Crippen LogP) is 5.11. The third-order valence-electron chi connectivity index (χ3n) is 6.59. The van der Waals surface area contributed by atoms with Crippen LogP contribution >= 0.6 is 0 Å². The van der Waals surface area contributed by atoms with Gasteiger partial charge in [0.25, 0.3) is 0 Å². The van der Waals surface area contributed by atoms with Crippen molar-refractivity contribution < 1.29 is 28.9 Å². The number of esters is 1. The quantitative estimate of drug-likeness (QED) is 0.520. The molecule has 1 aliphatic heterocycles. The average molecular weight is 492 g/mol. The molecule has 190 valence electrons. The number of nitrogens with one attached hydrogen (secondary N) is 1. The normalized spacial score (nSPS) is 19.7. The van der Waals surface area contributed by atoms with Gasteiger partial charge >= 0.3 is 5.97 Å².